The number of ketones is 1. The van der Waals surface area contributed by atoms with Crippen LogP contribution >= 0.6 is 11.3 Å². The molecule has 28 heavy (non-hydrogen) atoms. The van der Waals surface area contributed by atoms with Crippen molar-refractivity contribution < 1.29 is 14.3 Å². The van der Waals surface area contributed by atoms with Crippen molar-refractivity contribution in [2.24, 2.45) is 5.92 Å². The van der Waals surface area contributed by atoms with Crippen molar-refractivity contribution in [3.8, 4) is 22.4 Å². The zero-order valence-corrected chi connectivity index (χ0v) is 16.1. The second kappa shape index (κ2) is 8.46. The predicted molar refractivity (Wildman–Crippen MR) is 107 cm³/mol. The summed E-state index contributed by atoms with van der Waals surface area (Å²) in [6.45, 7) is 1.99. The van der Waals surface area contributed by atoms with Crippen molar-refractivity contribution >= 4 is 28.7 Å². The molecule has 2 aromatic carbocycles. The molecule has 0 aliphatic heterocycles. The minimum absolute atomic E-state index is 0.108. The Morgan fingerprint density at radius 3 is 2.43 bits per heavy atom. The molecule has 0 fully saturated rings. The molecule has 140 valence electrons. The molecular weight excluding hydrogens is 374 g/mol. The third-order valence-electron chi connectivity index (χ3n) is 4.07. The molecule has 3 aromatic rings. The standard InChI is InChI=1S/C21H17N3O3S/c1-13-3-5-14(6-4-13)21-24-18(12-28-21)19(25)17(11-22)20(26)23-15-7-9-16(27-2)10-8-15/h3-10,12,17H,1-2H3,(H,23,26). The molecule has 0 saturated heterocycles. The molecule has 0 aliphatic carbocycles. The lowest BCUT2D eigenvalue weighted by Crippen LogP contribution is -2.28. The highest BCUT2D eigenvalue weighted by Crippen LogP contribution is 2.25. The summed E-state index contributed by atoms with van der Waals surface area (Å²) < 4.78 is 5.06. The molecule has 1 aromatic heterocycles. The van der Waals surface area contributed by atoms with Crippen LogP contribution in [0.3, 0.4) is 0 Å². The fourth-order valence-corrected chi connectivity index (χ4v) is 3.30. The largest absolute Gasteiger partial charge is 0.497 e. The Morgan fingerprint density at radius 2 is 1.82 bits per heavy atom. The van der Waals surface area contributed by atoms with Gasteiger partial charge in [0.2, 0.25) is 11.7 Å². The van der Waals surface area contributed by atoms with Gasteiger partial charge in [-0.25, -0.2) is 4.98 Å². The molecule has 1 N–H and O–H groups in total. The average Bonchev–Trinajstić information content (AvgIpc) is 3.20. The number of carbonyl (C=O) groups is 2. The highest BCUT2D eigenvalue weighted by molar-refractivity contribution is 7.13. The van der Waals surface area contributed by atoms with Gasteiger partial charge in [-0.15, -0.1) is 11.3 Å². The number of aromatic nitrogens is 1. The number of hydrogen-bond acceptors (Lipinski definition) is 6. The first kappa shape index (κ1) is 19.3. The van der Waals surface area contributed by atoms with E-state index in [4.69, 9.17) is 4.74 Å². The second-order valence-electron chi connectivity index (χ2n) is 6.05. The quantitative estimate of drug-likeness (QED) is 0.505. The monoisotopic (exact) mass is 391 g/mol. The van der Waals surface area contributed by atoms with E-state index in [0.717, 1.165) is 11.1 Å². The summed E-state index contributed by atoms with van der Waals surface area (Å²) in [5, 5.41) is 14.2. The zero-order valence-electron chi connectivity index (χ0n) is 15.3. The summed E-state index contributed by atoms with van der Waals surface area (Å²) in [5.41, 5.74) is 2.58. The second-order valence-corrected chi connectivity index (χ2v) is 6.91. The zero-order chi connectivity index (χ0) is 20.1. The molecule has 0 bridgehead atoms. The van der Waals surface area contributed by atoms with E-state index in [9.17, 15) is 14.9 Å². The smallest absolute Gasteiger partial charge is 0.249 e. The van der Waals surface area contributed by atoms with Crippen LogP contribution in [0.25, 0.3) is 10.6 Å². The molecule has 1 heterocycles. The van der Waals surface area contributed by atoms with Gasteiger partial charge in [-0.2, -0.15) is 5.26 Å². The van der Waals surface area contributed by atoms with Crippen LogP contribution in [-0.4, -0.2) is 23.8 Å². The lowest BCUT2D eigenvalue weighted by molar-refractivity contribution is -0.117. The van der Waals surface area contributed by atoms with Crippen LogP contribution in [0.1, 0.15) is 16.1 Å². The van der Waals surface area contributed by atoms with E-state index in [0.29, 0.717) is 16.4 Å². The van der Waals surface area contributed by atoms with Crippen molar-refractivity contribution in [3.05, 3.63) is 65.2 Å². The van der Waals surface area contributed by atoms with Crippen LogP contribution in [-0.2, 0) is 4.79 Å². The van der Waals surface area contributed by atoms with Crippen molar-refractivity contribution in [3.63, 3.8) is 0 Å². The number of rotatable bonds is 6. The van der Waals surface area contributed by atoms with Gasteiger partial charge in [-0.1, -0.05) is 29.8 Å². The van der Waals surface area contributed by atoms with E-state index >= 15 is 0 Å². The molecule has 1 atom stereocenters. The van der Waals surface area contributed by atoms with Crippen LogP contribution in [0.5, 0.6) is 5.75 Å². The van der Waals surface area contributed by atoms with Gasteiger partial charge in [0, 0.05) is 16.6 Å². The highest BCUT2D eigenvalue weighted by atomic mass is 32.1. The van der Waals surface area contributed by atoms with E-state index in [1.165, 1.54) is 18.4 Å². The van der Waals surface area contributed by atoms with Gasteiger partial charge in [0.15, 0.2) is 5.92 Å². The Balaban J connectivity index is 1.74. The Labute approximate surface area is 166 Å². The fourth-order valence-electron chi connectivity index (χ4n) is 2.49. The third kappa shape index (κ3) is 4.24. The summed E-state index contributed by atoms with van der Waals surface area (Å²) in [6.07, 6.45) is 0. The summed E-state index contributed by atoms with van der Waals surface area (Å²) in [6, 6.07) is 16.1. The number of Topliss-reactive ketones (excluding diaryl/α,β-unsaturated/α-hetero) is 1. The number of methoxy groups -OCH3 is 1. The predicted octanol–water partition coefficient (Wildman–Crippen LogP) is 4.09. The number of nitrogens with zero attached hydrogens (tertiary/aromatic N) is 2. The number of carbonyl (C=O) groups excluding carboxylic acids is 2. The maximum absolute atomic E-state index is 12.6. The third-order valence-corrected chi connectivity index (χ3v) is 4.96. The first-order chi connectivity index (χ1) is 13.5. The number of amides is 1. The average molecular weight is 391 g/mol. The first-order valence-electron chi connectivity index (χ1n) is 8.43. The van der Waals surface area contributed by atoms with E-state index in [1.807, 2.05) is 31.2 Å². The van der Waals surface area contributed by atoms with Crippen LogP contribution in [0, 0.1) is 24.2 Å². The summed E-state index contributed by atoms with van der Waals surface area (Å²) in [5.74, 6) is -2.15. The van der Waals surface area contributed by atoms with E-state index in [2.05, 4.69) is 10.3 Å². The summed E-state index contributed by atoms with van der Waals surface area (Å²) in [7, 11) is 1.54. The minimum atomic E-state index is -1.48. The van der Waals surface area contributed by atoms with Crippen molar-refractivity contribution in [2.75, 3.05) is 12.4 Å². The van der Waals surface area contributed by atoms with Crippen molar-refractivity contribution in [2.45, 2.75) is 6.92 Å². The van der Waals surface area contributed by atoms with Crippen LogP contribution in [0.4, 0.5) is 5.69 Å². The van der Waals surface area contributed by atoms with Crippen molar-refractivity contribution in [1.82, 2.24) is 4.98 Å². The molecule has 7 heteroatoms. The number of ether oxygens (including phenoxy) is 1. The normalized spacial score (nSPS) is 11.3. The Bertz CT molecular complexity index is 1030. The van der Waals surface area contributed by atoms with E-state index in [-0.39, 0.29) is 5.69 Å². The van der Waals surface area contributed by atoms with Gasteiger partial charge in [0.1, 0.15) is 16.5 Å². The van der Waals surface area contributed by atoms with Gasteiger partial charge in [0.05, 0.1) is 13.2 Å². The number of benzene rings is 2. The summed E-state index contributed by atoms with van der Waals surface area (Å²) >= 11 is 1.30. The lowest BCUT2D eigenvalue weighted by atomic mass is 10.0. The van der Waals surface area contributed by atoms with Gasteiger partial charge >= 0.3 is 0 Å². The van der Waals surface area contributed by atoms with Crippen molar-refractivity contribution in [1.29, 1.82) is 5.26 Å². The SMILES string of the molecule is COc1ccc(NC(=O)C(C#N)C(=O)c2csc(-c3ccc(C)cc3)n2)cc1. The summed E-state index contributed by atoms with van der Waals surface area (Å²) in [4.78, 5) is 29.4. The fraction of sp³-hybridized carbons (Fsp3) is 0.143. The molecule has 0 radical (unpaired) electrons. The minimum Gasteiger partial charge on any atom is -0.497 e. The topological polar surface area (TPSA) is 92.1 Å². The molecule has 0 aliphatic rings. The number of nitriles is 1. The molecule has 1 amide bonds. The van der Waals surface area contributed by atoms with Crippen LogP contribution < -0.4 is 10.1 Å². The van der Waals surface area contributed by atoms with E-state index in [1.54, 1.807) is 35.7 Å². The maximum atomic E-state index is 12.6. The Morgan fingerprint density at radius 1 is 1.14 bits per heavy atom. The van der Waals surface area contributed by atoms with Gasteiger partial charge < -0.3 is 10.1 Å². The Kier molecular flexibility index (Phi) is 5.82. The molecule has 3 rings (SSSR count). The maximum Gasteiger partial charge on any atom is 0.249 e. The molecule has 1 unspecified atom stereocenters. The molecule has 0 spiro atoms. The number of hydrogen-bond donors (Lipinski definition) is 1. The number of anilines is 1. The van der Waals surface area contributed by atoms with Gasteiger partial charge in [-0.05, 0) is 31.2 Å². The number of aryl methyl sites for hydroxylation is 1. The number of nitrogens with one attached hydrogen (secondary N) is 1. The van der Waals surface area contributed by atoms with E-state index < -0.39 is 17.6 Å². The van der Waals surface area contributed by atoms with Crippen LogP contribution in [0.2, 0.25) is 0 Å². The number of thiazole rings is 1. The Hall–Kier alpha value is -3.50. The van der Waals surface area contributed by atoms with Gasteiger partial charge in [0.25, 0.3) is 0 Å². The van der Waals surface area contributed by atoms with Crippen LogP contribution in [0.15, 0.2) is 53.9 Å². The lowest BCUT2D eigenvalue weighted by Gasteiger charge is -2.09. The first-order valence-corrected chi connectivity index (χ1v) is 9.31. The molecular formula is C21H17N3O3S. The molecule has 0 saturated carbocycles. The van der Waals surface area contributed by atoms with Gasteiger partial charge in [-0.3, -0.25) is 9.59 Å². The molecule has 6 nitrogen and oxygen atoms in total. The highest BCUT2D eigenvalue weighted by Gasteiger charge is 2.29.